The fraction of sp³-hybridized carbons (Fsp3) is 0.389. The number of benzene rings is 1. The number of halogens is 2. The van der Waals surface area contributed by atoms with Gasteiger partial charge in [-0.05, 0) is 58.9 Å². The predicted molar refractivity (Wildman–Crippen MR) is 107 cm³/mol. The Balaban J connectivity index is 1.93. The van der Waals surface area contributed by atoms with Gasteiger partial charge in [0.2, 0.25) is 0 Å². The molecule has 3 rings (SSSR count). The van der Waals surface area contributed by atoms with Crippen LogP contribution < -0.4 is 10.2 Å². The number of aryl methyl sites for hydroxylation is 1. The topological polar surface area (TPSA) is 77.5 Å². The number of aromatic nitrogens is 1. The van der Waals surface area contributed by atoms with Crippen LogP contribution in [0.4, 0.5) is 10.1 Å². The van der Waals surface area contributed by atoms with Crippen molar-refractivity contribution in [3.63, 3.8) is 0 Å². The van der Waals surface area contributed by atoms with E-state index in [1.165, 1.54) is 0 Å². The third-order valence-electron chi connectivity index (χ3n) is 5.06. The van der Waals surface area contributed by atoms with E-state index in [1.54, 1.807) is 19.2 Å². The van der Waals surface area contributed by atoms with Crippen LogP contribution in [0.2, 0.25) is 5.02 Å². The highest BCUT2D eigenvalue weighted by atomic mass is 35.5. The zero-order chi connectivity index (χ0) is 20.9. The van der Waals surface area contributed by atoms with Gasteiger partial charge in [0.05, 0.1) is 27.6 Å². The molecule has 1 aromatic heterocycles. The molecule has 0 unspecified atom stereocenters. The molecule has 0 amide bonds. The summed E-state index contributed by atoms with van der Waals surface area (Å²) in [6, 6.07) is 4.70. The van der Waals surface area contributed by atoms with Gasteiger partial charge >= 0.3 is 7.12 Å². The Morgan fingerprint density at radius 1 is 1.14 bits per heavy atom. The Labute approximate surface area is 169 Å². The summed E-state index contributed by atoms with van der Waals surface area (Å²) < 4.78 is 53.1. The van der Waals surface area contributed by atoms with Crippen molar-refractivity contribution in [2.75, 3.05) is 4.72 Å². The molecule has 1 N–H and O–H groups in total. The molecule has 1 aliphatic rings. The van der Waals surface area contributed by atoms with E-state index in [-0.39, 0.29) is 15.6 Å². The summed E-state index contributed by atoms with van der Waals surface area (Å²) in [5, 5.41) is -0.208. The van der Waals surface area contributed by atoms with Crippen LogP contribution in [0.15, 0.2) is 35.4 Å². The molecule has 1 saturated heterocycles. The van der Waals surface area contributed by atoms with Gasteiger partial charge in [0.15, 0.2) is 0 Å². The van der Waals surface area contributed by atoms with Crippen LogP contribution in [0.1, 0.15) is 33.4 Å². The lowest BCUT2D eigenvalue weighted by molar-refractivity contribution is 0.00578. The van der Waals surface area contributed by atoms with Crippen molar-refractivity contribution in [1.29, 1.82) is 0 Å². The van der Waals surface area contributed by atoms with E-state index in [0.717, 1.165) is 18.2 Å². The number of hydrogen-bond acceptors (Lipinski definition) is 5. The first-order chi connectivity index (χ1) is 12.8. The van der Waals surface area contributed by atoms with Crippen LogP contribution in [0.3, 0.4) is 0 Å². The molecule has 0 saturated carbocycles. The van der Waals surface area contributed by atoms with Gasteiger partial charge in [-0.2, -0.15) is 0 Å². The molecule has 6 nitrogen and oxygen atoms in total. The Hall–Kier alpha value is -1.68. The van der Waals surface area contributed by atoms with Crippen LogP contribution >= 0.6 is 11.6 Å². The molecule has 2 heterocycles. The van der Waals surface area contributed by atoms with Crippen molar-refractivity contribution < 1.29 is 22.1 Å². The van der Waals surface area contributed by atoms with Gasteiger partial charge in [0.25, 0.3) is 10.0 Å². The van der Waals surface area contributed by atoms with Crippen LogP contribution in [-0.2, 0) is 19.3 Å². The van der Waals surface area contributed by atoms with Crippen LogP contribution in [-0.4, -0.2) is 31.7 Å². The SMILES string of the molecule is Cc1ncc(B2OC(C)(C)C(C)(C)O2)cc1NS(=O)(=O)c1ccc(F)cc1Cl. The number of pyridine rings is 1. The lowest BCUT2D eigenvalue weighted by Gasteiger charge is -2.32. The summed E-state index contributed by atoms with van der Waals surface area (Å²) >= 11 is 5.90. The van der Waals surface area contributed by atoms with Gasteiger partial charge in [-0.1, -0.05) is 11.6 Å². The van der Waals surface area contributed by atoms with Crippen molar-refractivity contribution in [2.24, 2.45) is 0 Å². The zero-order valence-electron chi connectivity index (χ0n) is 16.2. The maximum absolute atomic E-state index is 13.2. The van der Waals surface area contributed by atoms with E-state index < -0.39 is 34.2 Å². The first-order valence-corrected chi connectivity index (χ1v) is 10.5. The predicted octanol–water partition coefficient (Wildman–Crippen LogP) is 3.28. The number of nitrogens with one attached hydrogen (secondary N) is 1. The van der Waals surface area contributed by atoms with Crippen LogP contribution in [0.5, 0.6) is 0 Å². The van der Waals surface area contributed by atoms with E-state index in [1.807, 2.05) is 27.7 Å². The lowest BCUT2D eigenvalue weighted by Crippen LogP contribution is -2.41. The van der Waals surface area contributed by atoms with Crippen molar-refractivity contribution in [1.82, 2.24) is 4.98 Å². The minimum absolute atomic E-state index is 0.208. The normalized spacial score (nSPS) is 18.3. The summed E-state index contributed by atoms with van der Waals surface area (Å²) in [6.07, 6.45) is 1.58. The number of sulfonamides is 1. The standard InChI is InChI=1S/C18H21BClFN2O4S/c1-11-15(23-28(24,25)16-7-6-13(21)9-14(16)20)8-12(10-22-11)19-26-17(2,3)18(4,5)27-19/h6-10,23H,1-5H3. The quantitative estimate of drug-likeness (QED) is 0.759. The number of hydrogen-bond donors (Lipinski definition) is 1. The molecule has 0 spiro atoms. The second-order valence-corrected chi connectivity index (χ2v) is 9.73. The number of nitrogens with zero attached hydrogens (tertiary/aromatic N) is 1. The fourth-order valence-electron chi connectivity index (χ4n) is 2.65. The summed E-state index contributed by atoms with van der Waals surface area (Å²) in [4.78, 5) is 4.03. The monoisotopic (exact) mass is 426 g/mol. The second kappa shape index (κ2) is 6.98. The Kier molecular flexibility index (Phi) is 5.25. The van der Waals surface area contributed by atoms with Gasteiger partial charge in [-0.3, -0.25) is 9.71 Å². The summed E-state index contributed by atoms with van der Waals surface area (Å²) in [6.45, 7) is 9.37. The molecule has 0 atom stereocenters. The molecule has 2 aromatic rings. The van der Waals surface area contributed by atoms with Gasteiger partial charge in [0, 0.05) is 11.7 Å². The Morgan fingerprint density at radius 3 is 2.32 bits per heavy atom. The van der Waals surface area contributed by atoms with Gasteiger partial charge in [0.1, 0.15) is 10.7 Å². The third kappa shape index (κ3) is 3.89. The van der Waals surface area contributed by atoms with Crippen LogP contribution in [0, 0.1) is 12.7 Å². The molecular formula is C18H21BClFN2O4S. The maximum atomic E-state index is 13.2. The molecule has 0 radical (unpaired) electrons. The smallest absolute Gasteiger partial charge is 0.399 e. The summed E-state index contributed by atoms with van der Waals surface area (Å²) in [5.41, 5.74) is 0.218. The van der Waals surface area contributed by atoms with Crippen molar-refractivity contribution in [2.45, 2.75) is 50.7 Å². The van der Waals surface area contributed by atoms with E-state index in [0.29, 0.717) is 11.2 Å². The third-order valence-corrected chi connectivity index (χ3v) is 6.91. The lowest BCUT2D eigenvalue weighted by atomic mass is 9.80. The van der Waals surface area contributed by atoms with Crippen molar-refractivity contribution >= 4 is 39.9 Å². The molecule has 0 bridgehead atoms. The average molecular weight is 427 g/mol. The highest BCUT2D eigenvalue weighted by Crippen LogP contribution is 2.36. The average Bonchev–Trinajstić information content (AvgIpc) is 2.77. The first kappa shape index (κ1) is 21.0. The number of anilines is 1. The highest BCUT2D eigenvalue weighted by Gasteiger charge is 2.51. The maximum Gasteiger partial charge on any atom is 0.496 e. The minimum Gasteiger partial charge on any atom is -0.399 e. The van der Waals surface area contributed by atoms with E-state index >= 15 is 0 Å². The van der Waals surface area contributed by atoms with Crippen LogP contribution in [0.25, 0.3) is 0 Å². The van der Waals surface area contributed by atoms with Crippen molar-refractivity contribution in [3.05, 3.63) is 47.0 Å². The Morgan fingerprint density at radius 2 is 1.75 bits per heavy atom. The zero-order valence-corrected chi connectivity index (χ0v) is 17.8. The van der Waals surface area contributed by atoms with Crippen molar-refractivity contribution in [3.8, 4) is 0 Å². The molecule has 0 aliphatic carbocycles. The molecule has 1 aromatic carbocycles. The van der Waals surface area contributed by atoms with Gasteiger partial charge in [-0.15, -0.1) is 0 Å². The van der Waals surface area contributed by atoms with Gasteiger partial charge < -0.3 is 9.31 Å². The largest absolute Gasteiger partial charge is 0.496 e. The number of rotatable bonds is 4. The summed E-state index contributed by atoms with van der Waals surface area (Å²) in [7, 11) is -4.72. The fourth-order valence-corrected chi connectivity index (χ4v) is 4.29. The Bertz CT molecular complexity index is 1010. The van der Waals surface area contributed by atoms with E-state index in [4.69, 9.17) is 20.9 Å². The van der Waals surface area contributed by atoms with Gasteiger partial charge in [-0.25, -0.2) is 12.8 Å². The summed E-state index contributed by atoms with van der Waals surface area (Å²) in [5.74, 6) is -0.621. The molecular weight excluding hydrogens is 406 g/mol. The highest BCUT2D eigenvalue weighted by molar-refractivity contribution is 7.92. The minimum atomic E-state index is -4.04. The molecule has 1 fully saturated rings. The molecule has 1 aliphatic heterocycles. The molecule has 150 valence electrons. The van der Waals surface area contributed by atoms with E-state index in [2.05, 4.69) is 9.71 Å². The first-order valence-electron chi connectivity index (χ1n) is 8.62. The molecule has 28 heavy (non-hydrogen) atoms. The van der Waals surface area contributed by atoms with E-state index in [9.17, 15) is 12.8 Å². The molecule has 10 heteroatoms. The second-order valence-electron chi connectivity index (χ2n) is 7.67.